The van der Waals surface area contributed by atoms with Crippen LogP contribution in [0.15, 0.2) is 22.9 Å². The van der Waals surface area contributed by atoms with Crippen molar-refractivity contribution in [3.05, 3.63) is 28.8 Å². The number of hydrogen-bond donors (Lipinski definition) is 2. The number of nitrogens with one attached hydrogen (secondary N) is 1. The Bertz CT molecular complexity index is 531. The van der Waals surface area contributed by atoms with E-state index in [1.54, 1.807) is 0 Å². The highest BCUT2D eigenvalue weighted by atomic mass is 79.9. The number of H-pyrrole nitrogens is 1. The fourth-order valence-corrected chi connectivity index (χ4v) is 2.12. The minimum absolute atomic E-state index is 0.0848. The minimum Gasteiger partial charge on any atom is -0.481 e. The van der Waals surface area contributed by atoms with Gasteiger partial charge < -0.3 is 14.7 Å². The average molecular weight is 298 g/mol. The predicted molar refractivity (Wildman–Crippen MR) is 66.7 cm³/mol. The molecule has 0 spiro atoms. The highest BCUT2D eigenvalue weighted by molar-refractivity contribution is 9.10. The molecule has 90 valence electrons. The van der Waals surface area contributed by atoms with E-state index in [9.17, 15) is 4.79 Å². The number of hydrogen-bond acceptors (Lipinski definition) is 2. The van der Waals surface area contributed by atoms with Gasteiger partial charge in [-0.1, -0.05) is 0 Å². The van der Waals surface area contributed by atoms with Crippen LogP contribution in [0.1, 0.15) is 12.2 Å². The first-order valence-electron chi connectivity index (χ1n) is 5.16. The van der Waals surface area contributed by atoms with E-state index in [0.717, 1.165) is 21.8 Å². The van der Waals surface area contributed by atoms with Gasteiger partial charge in [-0.05, 0) is 28.1 Å². The molecule has 0 aliphatic heterocycles. The van der Waals surface area contributed by atoms with Crippen molar-refractivity contribution in [3.8, 4) is 11.4 Å². The maximum absolute atomic E-state index is 10.5. The van der Waals surface area contributed by atoms with E-state index < -0.39 is 5.97 Å². The number of imidazole rings is 1. The third-order valence-electron chi connectivity index (χ3n) is 2.53. The van der Waals surface area contributed by atoms with Crippen molar-refractivity contribution in [2.75, 3.05) is 0 Å². The first-order chi connectivity index (χ1) is 8.09. The third kappa shape index (κ3) is 2.41. The van der Waals surface area contributed by atoms with Gasteiger partial charge in [0.15, 0.2) is 0 Å². The van der Waals surface area contributed by atoms with Crippen LogP contribution in [0.4, 0.5) is 0 Å². The number of carboxylic acid groups (broad SMARTS) is 1. The lowest BCUT2D eigenvalue weighted by Gasteiger charge is -1.99. The van der Waals surface area contributed by atoms with Gasteiger partial charge in [0.05, 0.1) is 12.1 Å². The quantitative estimate of drug-likeness (QED) is 0.909. The largest absolute Gasteiger partial charge is 0.481 e. The first-order valence-corrected chi connectivity index (χ1v) is 5.95. The van der Waals surface area contributed by atoms with Crippen LogP contribution in [0.3, 0.4) is 0 Å². The Balaban J connectivity index is 2.31. The SMILES string of the molecule is Cn1c(CCC(=O)O)nc(-c2ccc[nH]2)c1Br. The summed E-state index contributed by atoms with van der Waals surface area (Å²) in [6.45, 7) is 0. The van der Waals surface area contributed by atoms with E-state index in [4.69, 9.17) is 5.11 Å². The predicted octanol–water partition coefficient (Wildman–Crippen LogP) is 2.19. The van der Waals surface area contributed by atoms with Gasteiger partial charge in [0.25, 0.3) is 0 Å². The number of aliphatic carboxylic acids is 1. The molecule has 0 fully saturated rings. The smallest absolute Gasteiger partial charge is 0.303 e. The zero-order valence-corrected chi connectivity index (χ0v) is 10.9. The van der Waals surface area contributed by atoms with Crippen LogP contribution in [0.5, 0.6) is 0 Å². The third-order valence-corrected chi connectivity index (χ3v) is 3.44. The van der Waals surface area contributed by atoms with Gasteiger partial charge in [-0.3, -0.25) is 4.79 Å². The normalized spacial score (nSPS) is 10.7. The molecule has 5 nitrogen and oxygen atoms in total. The lowest BCUT2D eigenvalue weighted by Crippen LogP contribution is -2.03. The number of halogens is 1. The Hall–Kier alpha value is -1.56. The van der Waals surface area contributed by atoms with E-state index in [0.29, 0.717) is 6.42 Å². The van der Waals surface area contributed by atoms with Gasteiger partial charge in [-0.25, -0.2) is 4.98 Å². The summed E-state index contributed by atoms with van der Waals surface area (Å²) in [7, 11) is 1.86. The summed E-state index contributed by atoms with van der Waals surface area (Å²) in [4.78, 5) is 18.1. The van der Waals surface area contributed by atoms with Crippen molar-refractivity contribution in [1.82, 2.24) is 14.5 Å². The summed E-state index contributed by atoms with van der Waals surface area (Å²) in [5.41, 5.74) is 1.71. The molecule has 0 amide bonds. The summed E-state index contributed by atoms with van der Waals surface area (Å²) >= 11 is 3.46. The molecule has 0 aliphatic carbocycles. The van der Waals surface area contributed by atoms with Gasteiger partial charge in [-0.15, -0.1) is 0 Å². The number of carboxylic acids is 1. The van der Waals surface area contributed by atoms with E-state index in [1.807, 2.05) is 29.9 Å². The monoisotopic (exact) mass is 297 g/mol. The summed E-state index contributed by atoms with van der Waals surface area (Å²) in [5.74, 6) is -0.0607. The van der Waals surface area contributed by atoms with Crippen LogP contribution in [0.25, 0.3) is 11.4 Å². The van der Waals surface area contributed by atoms with Crippen molar-refractivity contribution < 1.29 is 9.90 Å². The van der Waals surface area contributed by atoms with Crippen LogP contribution >= 0.6 is 15.9 Å². The van der Waals surface area contributed by atoms with Gasteiger partial charge in [0, 0.05) is 19.7 Å². The standard InChI is InChI=1S/C11H12BrN3O2/c1-15-8(4-5-9(16)17)14-10(11(15)12)7-3-2-6-13-7/h2-3,6,13H,4-5H2,1H3,(H,16,17). The van der Waals surface area contributed by atoms with Gasteiger partial charge >= 0.3 is 5.97 Å². The number of nitrogens with zero attached hydrogens (tertiary/aromatic N) is 2. The maximum Gasteiger partial charge on any atom is 0.303 e. The van der Waals surface area contributed by atoms with Crippen LogP contribution in [0, 0.1) is 0 Å². The molecule has 2 heterocycles. The second-order valence-electron chi connectivity index (χ2n) is 3.70. The summed E-state index contributed by atoms with van der Waals surface area (Å²) in [6, 6.07) is 3.82. The number of carbonyl (C=O) groups is 1. The molecule has 0 unspecified atom stereocenters. The van der Waals surface area contributed by atoms with E-state index in [1.165, 1.54) is 0 Å². The second kappa shape index (κ2) is 4.75. The summed E-state index contributed by atoms with van der Waals surface area (Å²) < 4.78 is 2.71. The van der Waals surface area contributed by atoms with Gasteiger partial charge in [-0.2, -0.15) is 0 Å². The Morgan fingerprint density at radius 3 is 3.00 bits per heavy atom. The van der Waals surface area contributed by atoms with Crippen molar-refractivity contribution in [2.45, 2.75) is 12.8 Å². The summed E-state index contributed by atoms with van der Waals surface area (Å²) in [5, 5.41) is 8.67. The molecule has 0 bridgehead atoms. The topological polar surface area (TPSA) is 70.9 Å². The highest BCUT2D eigenvalue weighted by Gasteiger charge is 2.15. The molecule has 0 atom stereocenters. The molecule has 0 aromatic carbocycles. The Kier molecular flexibility index (Phi) is 3.33. The zero-order valence-electron chi connectivity index (χ0n) is 9.27. The molecule has 2 N–H and O–H groups in total. The van der Waals surface area contributed by atoms with Crippen LogP contribution in [0.2, 0.25) is 0 Å². The van der Waals surface area contributed by atoms with Crippen molar-refractivity contribution in [2.24, 2.45) is 7.05 Å². The molecule has 0 aliphatic rings. The fraction of sp³-hybridized carbons (Fsp3) is 0.273. The Labute approximate surface area is 107 Å². The average Bonchev–Trinajstić information content (AvgIpc) is 2.88. The molecule has 2 rings (SSSR count). The fourth-order valence-electron chi connectivity index (χ4n) is 1.61. The van der Waals surface area contributed by atoms with E-state index in [2.05, 4.69) is 25.9 Å². The lowest BCUT2D eigenvalue weighted by molar-refractivity contribution is -0.137. The zero-order chi connectivity index (χ0) is 12.4. The molecule has 6 heteroatoms. The molecular weight excluding hydrogens is 286 g/mol. The molecule has 0 radical (unpaired) electrons. The van der Waals surface area contributed by atoms with Crippen LogP contribution < -0.4 is 0 Å². The Morgan fingerprint density at radius 2 is 2.41 bits per heavy atom. The van der Waals surface area contributed by atoms with Crippen molar-refractivity contribution in [3.63, 3.8) is 0 Å². The van der Waals surface area contributed by atoms with Gasteiger partial charge in [0.2, 0.25) is 0 Å². The first kappa shape index (κ1) is 11.9. The van der Waals surface area contributed by atoms with Crippen molar-refractivity contribution in [1.29, 1.82) is 0 Å². The van der Waals surface area contributed by atoms with Crippen molar-refractivity contribution >= 4 is 21.9 Å². The van der Waals surface area contributed by atoms with E-state index in [-0.39, 0.29) is 6.42 Å². The van der Waals surface area contributed by atoms with Crippen LogP contribution in [-0.4, -0.2) is 25.6 Å². The summed E-state index contributed by atoms with van der Waals surface area (Å²) in [6.07, 6.45) is 2.33. The molecule has 0 saturated carbocycles. The number of aromatic amines is 1. The van der Waals surface area contributed by atoms with E-state index >= 15 is 0 Å². The maximum atomic E-state index is 10.5. The molecular formula is C11H12BrN3O2. The highest BCUT2D eigenvalue weighted by Crippen LogP contribution is 2.27. The lowest BCUT2D eigenvalue weighted by atomic mass is 10.3. The number of rotatable bonds is 4. The second-order valence-corrected chi connectivity index (χ2v) is 4.46. The number of aromatic nitrogens is 3. The Morgan fingerprint density at radius 1 is 1.65 bits per heavy atom. The van der Waals surface area contributed by atoms with Gasteiger partial charge in [0.1, 0.15) is 16.1 Å². The molecule has 2 aromatic heterocycles. The molecule has 0 saturated heterocycles. The van der Waals surface area contributed by atoms with Crippen LogP contribution in [-0.2, 0) is 18.3 Å². The molecule has 17 heavy (non-hydrogen) atoms. The molecule has 2 aromatic rings. The number of aryl methyl sites for hydroxylation is 1. The minimum atomic E-state index is -0.814.